The predicted molar refractivity (Wildman–Crippen MR) is 131 cm³/mol. The molecule has 0 atom stereocenters. The molecule has 166 valence electrons. The van der Waals surface area contributed by atoms with Gasteiger partial charge in [-0.25, -0.2) is 9.79 Å². The van der Waals surface area contributed by atoms with Crippen molar-refractivity contribution in [3.63, 3.8) is 0 Å². The number of carbonyl (C=O) groups is 2. The highest BCUT2D eigenvalue weighted by molar-refractivity contribution is 8.18. The maximum absolute atomic E-state index is 12.5. The van der Waals surface area contributed by atoms with Crippen LogP contribution in [0.15, 0.2) is 76.6 Å². The smallest absolute Gasteiger partial charge is 0.335 e. The number of carboxylic acids is 1. The van der Waals surface area contributed by atoms with E-state index in [1.54, 1.807) is 42.5 Å². The molecule has 1 fully saturated rings. The standard InChI is InChI=1S/C24H16Cl2N2O4S/c25-17-5-3-6-18(21(17)26)27-24-28-22(29)20(33-24)12-16-4-1-2-7-19(16)32-13-14-8-10-15(11-9-14)23(30)31/h1-12H,13H2,(H,30,31)(H,27,28,29)/b20-12+. The van der Waals surface area contributed by atoms with Crippen molar-refractivity contribution in [3.8, 4) is 5.75 Å². The van der Waals surface area contributed by atoms with Crippen molar-refractivity contribution in [2.45, 2.75) is 6.61 Å². The lowest BCUT2D eigenvalue weighted by molar-refractivity contribution is -0.115. The van der Waals surface area contributed by atoms with E-state index in [9.17, 15) is 9.59 Å². The quantitative estimate of drug-likeness (QED) is 0.397. The number of ether oxygens (including phenoxy) is 1. The molecule has 33 heavy (non-hydrogen) atoms. The van der Waals surface area contributed by atoms with Gasteiger partial charge in [0.2, 0.25) is 0 Å². The molecule has 3 aromatic carbocycles. The molecule has 0 saturated carbocycles. The Morgan fingerprint density at radius 3 is 2.58 bits per heavy atom. The number of nitrogens with one attached hydrogen (secondary N) is 1. The summed E-state index contributed by atoms with van der Waals surface area (Å²) in [5.41, 5.74) is 2.22. The summed E-state index contributed by atoms with van der Waals surface area (Å²) in [7, 11) is 0. The van der Waals surface area contributed by atoms with Crippen LogP contribution < -0.4 is 10.1 Å². The minimum atomic E-state index is -0.979. The van der Waals surface area contributed by atoms with Gasteiger partial charge in [-0.05, 0) is 53.7 Å². The Morgan fingerprint density at radius 2 is 1.82 bits per heavy atom. The lowest BCUT2D eigenvalue weighted by atomic mass is 10.1. The van der Waals surface area contributed by atoms with E-state index in [0.717, 1.165) is 11.1 Å². The van der Waals surface area contributed by atoms with E-state index < -0.39 is 5.97 Å². The fourth-order valence-electron chi connectivity index (χ4n) is 2.95. The normalized spacial score (nSPS) is 15.6. The number of aliphatic imine (C=N–C) groups is 1. The highest BCUT2D eigenvalue weighted by Gasteiger charge is 2.24. The summed E-state index contributed by atoms with van der Waals surface area (Å²) in [6.45, 7) is 0.249. The van der Waals surface area contributed by atoms with Crippen LogP contribution in [0.25, 0.3) is 6.08 Å². The van der Waals surface area contributed by atoms with Gasteiger partial charge < -0.3 is 15.2 Å². The van der Waals surface area contributed by atoms with Crippen LogP contribution in [0.2, 0.25) is 10.0 Å². The summed E-state index contributed by atoms with van der Waals surface area (Å²) < 4.78 is 5.93. The summed E-state index contributed by atoms with van der Waals surface area (Å²) in [6, 6.07) is 18.9. The van der Waals surface area contributed by atoms with Crippen LogP contribution in [0.3, 0.4) is 0 Å². The Bertz CT molecular complexity index is 1290. The summed E-state index contributed by atoms with van der Waals surface area (Å²) >= 11 is 13.4. The number of nitrogens with zero attached hydrogens (tertiary/aromatic N) is 1. The third-order valence-electron chi connectivity index (χ3n) is 4.60. The number of amidine groups is 1. The van der Waals surface area contributed by atoms with Gasteiger partial charge in [0, 0.05) is 5.56 Å². The zero-order valence-corrected chi connectivity index (χ0v) is 19.2. The fourth-order valence-corrected chi connectivity index (χ4v) is 4.11. The molecule has 1 aliphatic heterocycles. The molecule has 1 saturated heterocycles. The summed E-state index contributed by atoms with van der Waals surface area (Å²) in [5.74, 6) is -0.674. The van der Waals surface area contributed by atoms with Crippen LogP contribution >= 0.6 is 35.0 Å². The van der Waals surface area contributed by atoms with Crippen molar-refractivity contribution in [2.75, 3.05) is 0 Å². The molecular weight excluding hydrogens is 483 g/mol. The van der Waals surface area contributed by atoms with Gasteiger partial charge in [0.05, 0.1) is 26.2 Å². The number of amides is 1. The molecule has 0 aromatic heterocycles. The maximum atomic E-state index is 12.5. The first-order chi connectivity index (χ1) is 15.9. The van der Waals surface area contributed by atoms with Crippen molar-refractivity contribution in [1.29, 1.82) is 0 Å². The van der Waals surface area contributed by atoms with Crippen molar-refractivity contribution in [3.05, 3.63) is 98.4 Å². The SMILES string of the molecule is O=C1NC(=Nc2cccc(Cl)c2Cl)S/C1=C/c1ccccc1OCc1ccc(C(=O)O)cc1. The Balaban J connectivity index is 1.51. The van der Waals surface area contributed by atoms with Gasteiger partial charge in [-0.2, -0.15) is 0 Å². The molecular formula is C24H16Cl2N2O4S. The zero-order valence-electron chi connectivity index (χ0n) is 16.9. The average molecular weight is 499 g/mol. The molecule has 0 bridgehead atoms. The number of carbonyl (C=O) groups excluding carboxylic acids is 1. The van der Waals surface area contributed by atoms with Crippen molar-refractivity contribution < 1.29 is 19.4 Å². The maximum Gasteiger partial charge on any atom is 0.335 e. The van der Waals surface area contributed by atoms with Crippen molar-refractivity contribution >= 4 is 63.8 Å². The van der Waals surface area contributed by atoms with Crippen LogP contribution in [0.5, 0.6) is 5.75 Å². The van der Waals surface area contributed by atoms with E-state index in [0.29, 0.717) is 31.6 Å². The lowest BCUT2D eigenvalue weighted by Crippen LogP contribution is -2.19. The summed E-state index contributed by atoms with van der Waals surface area (Å²) in [6.07, 6.45) is 1.73. The molecule has 0 unspecified atom stereocenters. The van der Waals surface area contributed by atoms with Crippen molar-refractivity contribution in [2.24, 2.45) is 4.99 Å². The number of hydrogen-bond donors (Lipinski definition) is 2. The number of benzene rings is 3. The minimum absolute atomic E-state index is 0.213. The van der Waals surface area contributed by atoms with Gasteiger partial charge in [0.25, 0.3) is 5.91 Å². The molecule has 1 heterocycles. The topological polar surface area (TPSA) is 88.0 Å². The first-order valence-electron chi connectivity index (χ1n) is 9.68. The largest absolute Gasteiger partial charge is 0.488 e. The highest BCUT2D eigenvalue weighted by atomic mass is 35.5. The molecule has 1 amide bonds. The first kappa shape index (κ1) is 22.9. The third-order valence-corrected chi connectivity index (χ3v) is 6.32. The number of rotatable bonds is 6. The predicted octanol–water partition coefficient (Wildman–Crippen LogP) is 6.16. The molecule has 4 rings (SSSR count). The summed E-state index contributed by atoms with van der Waals surface area (Å²) in [4.78, 5) is 28.3. The van der Waals surface area contributed by atoms with Crippen LogP contribution in [0, 0.1) is 0 Å². The van der Waals surface area contributed by atoms with Crippen molar-refractivity contribution in [1.82, 2.24) is 5.32 Å². The van der Waals surface area contributed by atoms with Gasteiger partial charge in [0.15, 0.2) is 5.17 Å². The Hall–Kier alpha value is -3.26. The molecule has 2 N–H and O–H groups in total. The van der Waals surface area contributed by atoms with E-state index in [4.69, 9.17) is 33.0 Å². The zero-order chi connectivity index (χ0) is 23.4. The molecule has 0 aliphatic carbocycles. The minimum Gasteiger partial charge on any atom is -0.488 e. The lowest BCUT2D eigenvalue weighted by Gasteiger charge is -2.10. The van der Waals surface area contributed by atoms with E-state index in [1.807, 2.05) is 18.2 Å². The fraction of sp³-hybridized carbons (Fsp3) is 0.0417. The average Bonchev–Trinajstić information content (AvgIpc) is 3.15. The number of halogens is 2. The molecule has 3 aromatic rings. The second kappa shape index (κ2) is 10.1. The number of aromatic carboxylic acids is 1. The van der Waals surface area contributed by atoms with E-state index in [-0.39, 0.29) is 18.1 Å². The molecule has 0 radical (unpaired) electrons. The molecule has 0 spiro atoms. The van der Waals surface area contributed by atoms with E-state index >= 15 is 0 Å². The Kier molecular flexibility index (Phi) is 7.03. The number of carboxylic acid groups (broad SMARTS) is 1. The van der Waals surface area contributed by atoms with Crippen LogP contribution in [0.4, 0.5) is 5.69 Å². The van der Waals surface area contributed by atoms with E-state index in [1.165, 1.54) is 23.9 Å². The number of para-hydroxylation sites is 1. The highest BCUT2D eigenvalue weighted by Crippen LogP contribution is 2.35. The van der Waals surface area contributed by atoms with Gasteiger partial charge in [0.1, 0.15) is 12.4 Å². The summed E-state index contributed by atoms with van der Waals surface area (Å²) in [5, 5.41) is 12.8. The Labute approximate surface area is 203 Å². The third kappa shape index (κ3) is 5.57. The molecule has 6 nitrogen and oxygen atoms in total. The first-order valence-corrected chi connectivity index (χ1v) is 11.3. The van der Waals surface area contributed by atoms with Crippen LogP contribution in [-0.2, 0) is 11.4 Å². The van der Waals surface area contributed by atoms with Gasteiger partial charge >= 0.3 is 5.97 Å². The number of hydrogen-bond acceptors (Lipinski definition) is 5. The number of thioether (sulfide) groups is 1. The van der Waals surface area contributed by atoms with Crippen LogP contribution in [-0.4, -0.2) is 22.2 Å². The second-order valence-corrected chi connectivity index (χ2v) is 8.70. The van der Waals surface area contributed by atoms with Gasteiger partial charge in [-0.3, -0.25) is 4.79 Å². The monoisotopic (exact) mass is 498 g/mol. The Morgan fingerprint density at radius 1 is 1.06 bits per heavy atom. The van der Waals surface area contributed by atoms with Gasteiger partial charge in [-0.15, -0.1) is 0 Å². The molecule has 1 aliphatic rings. The second-order valence-electron chi connectivity index (χ2n) is 6.88. The van der Waals surface area contributed by atoms with Gasteiger partial charge in [-0.1, -0.05) is 59.6 Å². The molecule has 9 heteroatoms. The van der Waals surface area contributed by atoms with E-state index in [2.05, 4.69) is 10.3 Å². The van der Waals surface area contributed by atoms with Crippen LogP contribution in [0.1, 0.15) is 21.5 Å².